The molecule has 2 aliphatic rings. The van der Waals surface area contributed by atoms with E-state index in [2.05, 4.69) is 30.2 Å². The fourth-order valence-electron chi connectivity index (χ4n) is 6.07. The standard InChI is InChI=1S/C32H34FN9O3/c1-18-25(44-21-13-24-30(34-14-21)40(5)17-37-24)8-6-22(27(18)33)38-29-28-23(35-16-36-29)7-9-26(39-28)42-15-20-12-19(42)10-11-41(20)31(43)45-32(2,3)4/h6-9,13-14,16-17,19-20H,10-12,15H2,1-5H3,(H,35,36,38)/t19-,20+/m0/s1. The lowest BCUT2D eigenvalue weighted by atomic mass is 10.0. The normalized spacial score (nSPS) is 18.1. The number of benzene rings is 1. The van der Waals surface area contributed by atoms with Crippen LogP contribution in [0, 0.1) is 12.7 Å². The molecule has 2 aliphatic heterocycles. The summed E-state index contributed by atoms with van der Waals surface area (Å²) < 4.78 is 29.1. The molecule has 0 radical (unpaired) electrons. The first-order valence-corrected chi connectivity index (χ1v) is 14.9. The van der Waals surface area contributed by atoms with Crippen LogP contribution in [0.3, 0.4) is 0 Å². The second-order valence-corrected chi connectivity index (χ2v) is 12.6. The Morgan fingerprint density at radius 1 is 1.07 bits per heavy atom. The lowest BCUT2D eigenvalue weighted by Gasteiger charge is -2.34. The molecule has 232 valence electrons. The highest BCUT2D eigenvalue weighted by Gasteiger charge is 2.43. The number of carbonyl (C=O) groups is 1. The highest BCUT2D eigenvalue weighted by atomic mass is 19.1. The summed E-state index contributed by atoms with van der Waals surface area (Å²) in [6.07, 6.45) is 6.08. The van der Waals surface area contributed by atoms with Gasteiger partial charge in [-0.05, 0) is 64.8 Å². The van der Waals surface area contributed by atoms with Gasteiger partial charge in [-0.3, -0.25) is 0 Å². The number of aromatic nitrogens is 6. The third kappa shape index (κ3) is 5.42. The molecule has 0 aliphatic carbocycles. The van der Waals surface area contributed by atoms with Gasteiger partial charge in [0.15, 0.2) is 17.3 Å². The Hall–Kier alpha value is -5.07. The molecule has 13 heteroatoms. The van der Waals surface area contributed by atoms with Crippen molar-refractivity contribution in [2.24, 2.45) is 7.05 Å². The van der Waals surface area contributed by atoms with Crippen LogP contribution in [0.15, 0.2) is 49.2 Å². The molecule has 1 aromatic carbocycles. The topological polar surface area (TPSA) is 123 Å². The van der Waals surface area contributed by atoms with Crippen molar-refractivity contribution >= 4 is 45.6 Å². The largest absolute Gasteiger partial charge is 0.455 e. The van der Waals surface area contributed by atoms with Gasteiger partial charge in [-0.15, -0.1) is 0 Å². The lowest BCUT2D eigenvalue weighted by molar-refractivity contribution is 0.0142. The van der Waals surface area contributed by atoms with E-state index >= 15 is 4.39 Å². The summed E-state index contributed by atoms with van der Waals surface area (Å²) in [5.74, 6) is 1.50. The molecule has 7 rings (SSSR count). The number of anilines is 3. The average Bonchev–Trinajstić information content (AvgIpc) is 3.54. The lowest BCUT2D eigenvalue weighted by Crippen LogP contribution is -2.46. The van der Waals surface area contributed by atoms with Crippen molar-refractivity contribution in [3.05, 3.63) is 60.6 Å². The molecule has 0 unspecified atom stereocenters. The fourth-order valence-corrected chi connectivity index (χ4v) is 6.07. The summed E-state index contributed by atoms with van der Waals surface area (Å²) in [5.41, 5.74) is 2.58. The number of hydrogen-bond donors (Lipinski definition) is 1. The minimum atomic E-state index is -0.548. The smallest absolute Gasteiger partial charge is 0.410 e. The van der Waals surface area contributed by atoms with Crippen molar-refractivity contribution in [1.29, 1.82) is 0 Å². The molecule has 0 saturated carbocycles. The van der Waals surface area contributed by atoms with Crippen LogP contribution in [-0.4, -0.2) is 71.3 Å². The zero-order valence-electron chi connectivity index (χ0n) is 25.8. The Kier molecular flexibility index (Phi) is 6.90. The van der Waals surface area contributed by atoms with Crippen molar-refractivity contribution < 1.29 is 18.7 Å². The number of imidazole rings is 1. The van der Waals surface area contributed by atoms with Crippen molar-refractivity contribution in [2.45, 2.75) is 58.2 Å². The third-order valence-corrected chi connectivity index (χ3v) is 8.27. The van der Waals surface area contributed by atoms with Crippen LogP contribution >= 0.6 is 0 Å². The van der Waals surface area contributed by atoms with Gasteiger partial charge in [0.25, 0.3) is 0 Å². The first-order valence-electron chi connectivity index (χ1n) is 14.9. The summed E-state index contributed by atoms with van der Waals surface area (Å²) >= 11 is 0. The minimum Gasteiger partial charge on any atom is -0.455 e. The monoisotopic (exact) mass is 611 g/mol. The summed E-state index contributed by atoms with van der Waals surface area (Å²) in [7, 11) is 1.87. The molecule has 2 atom stereocenters. The van der Waals surface area contributed by atoms with Crippen LogP contribution in [0.25, 0.3) is 22.2 Å². The van der Waals surface area contributed by atoms with Crippen LogP contribution in [0.2, 0.25) is 0 Å². The van der Waals surface area contributed by atoms with Crippen molar-refractivity contribution in [3.63, 3.8) is 0 Å². The van der Waals surface area contributed by atoms with Crippen molar-refractivity contribution in [1.82, 2.24) is 34.4 Å². The maximum absolute atomic E-state index is 15.7. The van der Waals surface area contributed by atoms with Crippen LogP contribution in [-0.2, 0) is 11.8 Å². The van der Waals surface area contributed by atoms with Crippen molar-refractivity contribution in [2.75, 3.05) is 23.3 Å². The molecular formula is C32H34FN9O3. The molecule has 12 nitrogen and oxygen atoms in total. The molecule has 45 heavy (non-hydrogen) atoms. The van der Waals surface area contributed by atoms with Gasteiger partial charge in [0.05, 0.1) is 29.8 Å². The van der Waals surface area contributed by atoms with E-state index in [1.165, 1.54) is 6.33 Å². The number of piperidine rings is 1. The van der Waals surface area contributed by atoms with E-state index < -0.39 is 11.4 Å². The molecular weight excluding hydrogens is 577 g/mol. The van der Waals surface area contributed by atoms with E-state index in [0.29, 0.717) is 52.5 Å². The highest BCUT2D eigenvalue weighted by Crippen LogP contribution is 2.36. The van der Waals surface area contributed by atoms with Crippen LogP contribution in [0.1, 0.15) is 39.2 Å². The van der Waals surface area contributed by atoms with E-state index in [1.807, 2.05) is 49.4 Å². The maximum Gasteiger partial charge on any atom is 0.410 e. The van der Waals surface area contributed by atoms with Gasteiger partial charge in [-0.25, -0.2) is 34.1 Å². The summed E-state index contributed by atoms with van der Waals surface area (Å²) in [6.45, 7) is 8.57. The molecule has 5 aromatic rings. The number of halogens is 1. The molecule has 2 saturated heterocycles. The van der Waals surface area contributed by atoms with Gasteiger partial charge in [-0.1, -0.05) is 0 Å². The predicted molar refractivity (Wildman–Crippen MR) is 167 cm³/mol. The van der Waals surface area contributed by atoms with E-state index in [4.69, 9.17) is 14.5 Å². The quantitative estimate of drug-likeness (QED) is 0.258. The van der Waals surface area contributed by atoms with Gasteiger partial charge in [-0.2, -0.15) is 0 Å². The van der Waals surface area contributed by atoms with Gasteiger partial charge < -0.3 is 29.2 Å². The molecule has 0 spiro atoms. The molecule has 4 aromatic heterocycles. The Morgan fingerprint density at radius 2 is 1.91 bits per heavy atom. The Bertz CT molecular complexity index is 1940. The van der Waals surface area contributed by atoms with Crippen LogP contribution in [0.5, 0.6) is 11.5 Å². The highest BCUT2D eigenvalue weighted by molar-refractivity contribution is 5.88. The number of likely N-dealkylation sites (tertiary alicyclic amines) is 1. The Balaban J connectivity index is 1.12. The number of nitrogens with zero attached hydrogens (tertiary/aromatic N) is 8. The van der Waals surface area contributed by atoms with Crippen LogP contribution < -0.4 is 15.0 Å². The second-order valence-electron chi connectivity index (χ2n) is 12.6. The number of amides is 1. The first-order chi connectivity index (χ1) is 21.5. The molecule has 1 N–H and O–H groups in total. The number of ether oxygens (including phenoxy) is 2. The van der Waals surface area contributed by atoms with E-state index in [-0.39, 0.29) is 23.9 Å². The van der Waals surface area contributed by atoms with Crippen LogP contribution in [0.4, 0.5) is 26.5 Å². The maximum atomic E-state index is 15.7. The van der Waals surface area contributed by atoms with E-state index in [0.717, 1.165) is 24.3 Å². The molecule has 2 bridgehead atoms. The zero-order valence-corrected chi connectivity index (χ0v) is 25.8. The summed E-state index contributed by atoms with van der Waals surface area (Å²) in [4.78, 5) is 39.4. The summed E-state index contributed by atoms with van der Waals surface area (Å²) in [5, 5.41) is 3.12. The predicted octanol–water partition coefficient (Wildman–Crippen LogP) is 5.88. The van der Waals surface area contributed by atoms with Gasteiger partial charge >= 0.3 is 6.09 Å². The molecule has 2 fully saturated rings. The third-order valence-electron chi connectivity index (χ3n) is 8.27. The number of aryl methyl sites for hydroxylation is 1. The summed E-state index contributed by atoms with van der Waals surface area (Å²) in [6, 6.07) is 9.20. The molecule has 6 heterocycles. The first kappa shape index (κ1) is 28.7. The van der Waals surface area contributed by atoms with Gasteiger partial charge in [0.2, 0.25) is 0 Å². The number of fused-ring (bicyclic) bond motifs is 4. The molecule has 1 amide bonds. The Morgan fingerprint density at radius 3 is 2.73 bits per heavy atom. The van der Waals surface area contributed by atoms with E-state index in [1.54, 1.807) is 37.6 Å². The minimum absolute atomic E-state index is 0.0418. The Labute approximate surface area is 259 Å². The number of hydrogen-bond acceptors (Lipinski definition) is 10. The van der Waals surface area contributed by atoms with Gasteiger partial charge in [0.1, 0.15) is 40.3 Å². The second kappa shape index (κ2) is 10.8. The fraction of sp³-hybridized carbons (Fsp3) is 0.375. The van der Waals surface area contributed by atoms with Gasteiger partial charge in [0, 0.05) is 37.8 Å². The number of rotatable bonds is 5. The zero-order chi connectivity index (χ0) is 31.5. The number of pyridine rings is 2. The SMILES string of the molecule is Cc1c(Oc2cnc3c(c2)ncn3C)ccc(Nc2ncnc3ccc(N4C[C@H]5C[C@@H]4CCN5C(=O)OC(C)(C)C)nc23)c1F. The van der Waals surface area contributed by atoms with E-state index in [9.17, 15) is 4.79 Å². The van der Waals surface area contributed by atoms with Crippen molar-refractivity contribution in [3.8, 4) is 11.5 Å². The number of carbonyl (C=O) groups excluding carboxylic acids is 1. The average molecular weight is 612 g/mol. The number of nitrogens with one attached hydrogen (secondary N) is 1.